The Hall–Kier alpha value is -0.180. The van der Waals surface area contributed by atoms with Crippen molar-refractivity contribution in [2.45, 2.75) is 47.1 Å². The molecule has 1 N–H and O–H groups in total. The van der Waals surface area contributed by atoms with Crippen LogP contribution in [0.25, 0.3) is 0 Å². The standard InChI is InChI=1S/C11H23F2N/c1-7(2)10(8(3)4)6-14-9(5)11(12)13/h7-11,14H,6H2,1-5H3. The Bertz CT molecular complexity index is 138. The lowest BCUT2D eigenvalue weighted by atomic mass is 9.85. The minimum Gasteiger partial charge on any atom is -0.309 e. The Morgan fingerprint density at radius 2 is 1.36 bits per heavy atom. The van der Waals surface area contributed by atoms with E-state index in [1.807, 2.05) is 0 Å². The van der Waals surface area contributed by atoms with Gasteiger partial charge in [-0.05, 0) is 31.2 Å². The topological polar surface area (TPSA) is 12.0 Å². The quantitative estimate of drug-likeness (QED) is 0.705. The summed E-state index contributed by atoms with van der Waals surface area (Å²) in [6, 6.07) is -0.699. The first-order valence-electron chi connectivity index (χ1n) is 5.37. The molecule has 0 aromatic heterocycles. The van der Waals surface area contributed by atoms with Gasteiger partial charge in [0.15, 0.2) is 0 Å². The van der Waals surface area contributed by atoms with Crippen LogP contribution in [-0.2, 0) is 0 Å². The van der Waals surface area contributed by atoms with Crippen LogP contribution in [0.4, 0.5) is 8.78 Å². The van der Waals surface area contributed by atoms with E-state index in [4.69, 9.17) is 0 Å². The molecule has 86 valence electrons. The number of nitrogens with one attached hydrogen (secondary N) is 1. The molecule has 0 aliphatic carbocycles. The SMILES string of the molecule is CC(C)C(CNC(C)C(F)F)C(C)C. The lowest BCUT2D eigenvalue weighted by Gasteiger charge is -2.26. The van der Waals surface area contributed by atoms with Gasteiger partial charge in [0.1, 0.15) is 0 Å². The molecule has 0 aromatic rings. The van der Waals surface area contributed by atoms with Gasteiger partial charge in [0, 0.05) is 0 Å². The van der Waals surface area contributed by atoms with Crippen LogP contribution < -0.4 is 5.32 Å². The molecule has 0 heterocycles. The highest BCUT2D eigenvalue weighted by molar-refractivity contribution is 4.72. The maximum absolute atomic E-state index is 12.2. The van der Waals surface area contributed by atoms with Crippen LogP contribution in [0.2, 0.25) is 0 Å². The van der Waals surface area contributed by atoms with Gasteiger partial charge in [-0.15, -0.1) is 0 Å². The van der Waals surface area contributed by atoms with Gasteiger partial charge >= 0.3 is 0 Å². The van der Waals surface area contributed by atoms with Crippen LogP contribution in [0.1, 0.15) is 34.6 Å². The van der Waals surface area contributed by atoms with Crippen LogP contribution >= 0.6 is 0 Å². The van der Waals surface area contributed by atoms with Gasteiger partial charge < -0.3 is 5.32 Å². The van der Waals surface area contributed by atoms with Gasteiger partial charge in [-0.3, -0.25) is 0 Å². The predicted octanol–water partition coefficient (Wildman–Crippen LogP) is 3.16. The van der Waals surface area contributed by atoms with E-state index in [-0.39, 0.29) is 0 Å². The van der Waals surface area contributed by atoms with E-state index in [0.29, 0.717) is 24.3 Å². The summed E-state index contributed by atoms with van der Waals surface area (Å²) < 4.78 is 24.4. The van der Waals surface area contributed by atoms with Crippen molar-refractivity contribution in [1.29, 1.82) is 0 Å². The second-order valence-electron chi connectivity index (χ2n) is 4.68. The molecule has 1 nitrogen and oxygen atoms in total. The van der Waals surface area contributed by atoms with Crippen LogP contribution in [0.15, 0.2) is 0 Å². The third kappa shape index (κ3) is 4.89. The summed E-state index contributed by atoms with van der Waals surface area (Å²) in [6.45, 7) is 10.8. The van der Waals surface area contributed by atoms with E-state index in [1.54, 1.807) is 0 Å². The van der Waals surface area contributed by atoms with Crippen LogP contribution in [-0.4, -0.2) is 19.0 Å². The number of hydrogen-bond acceptors (Lipinski definition) is 1. The first-order valence-corrected chi connectivity index (χ1v) is 5.37. The first kappa shape index (κ1) is 13.8. The summed E-state index contributed by atoms with van der Waals surface area (Å²) in [5.74, 6) is 1.54. The molecule has 0 rings (SSSR count). The number of rotatable bonds is 6. The fraction of sp³-hybridized carbons (Fsp3) is 1.00. The van der Waals surface area contributed by atoms with Crippen molar-refractivity contribution in [1.82, 2.24) is 5.32 Å². The Labute approximate surface area is 86.3 Å². The molecule has 0 fully saturated rings. The first-order chi connectivity index (χ1) is 6.36. The lowest BCUT2D eigenvalue weighted by molar-refractivity contribution is 0.0997. The summed E-state index contributed by atoms with van der Waals surface area (Å²) >= 11 is 0. The molecule has 0 saturated heterocycles. The summed E-state index contributed by atoms with van der Waals surface area (Å²) in [5.41, 5.74) is 0. The average Bonchev–Trinajstić information content (AvgIpc) is 2.02. The Morgan fingerprint density at radius 3 is 1.64 bits per heavy atom. The molecule has 0 bridgehead atoms. The molecule has 0 aromatic carbocycles. The normalized spacial score (nSPS) is 14.8. The zero-order valence-electron chi connectivity index (χ0n) is 9.85. The highest BCUT2D eigenvalue weighted by atomic mass is 19.3. The lowest BCUT2D eigenvalue weighted by Crippen LogP contribution is -2.38. The summed E-state index contributed by atoms with van der Waals surface area (Å²) in [7, 11) is 0. The highest BCUT2D eigenvalue weighted by Crippen LogP contribution is 2.19. The van der Waals surface area contributed by atoms with Crippen molar-refractivity contribution in [3.8, 4) is 0 Å². The van der Waals surface area contributed by atoms with Gasteiger partial charge in [0.05, 0.1) is 6.04 Å². The zero-order valence-corrected chi connectivity index (χ0v) is 9.85. The van der Waals surface area contributed by atoms with E-state index >= 15 is 0 Å². The highest BCUT2D eigenvalue weighted by Gasteiger charge is 2.20. The third-order valence-corrected chi connectivity index (χ3v) is 2.77. The fourth-order valence-corrected chi connectivity index (χ4v) is 1.65. The molecule has 0 radical (unpaired) electrons. The van der Waals surface area contributed by atoms with E-state index in [9.17, 15) is 8.78 Å². The molecule has 3 heteroatoms. The zero-order chi connectivity index (χ0) is 11.3. The van der Waals surface area contributed by atoms with E-state index in [1.165, 1.54) is 6.92 Å². The molecule has 0 aliphatic rings. The predicted molar refractivity (Wildman–Crippen MR) is 56.6 cm³/mol. The second kappa shape index (κ2) is 6.33. The molecule has 0 amide bonds. The molecule has 14 heavy (non-hydrogen) atoms. The van der Waals surface area contributed by atoms with Crippen molar-refractivity contribution in [3.05, 3.63) is 0 Å². The molecular formula is C11H23F2N. The van der Waals surface area contributed by atoms with Crippen molar-refractivity contribution < 1.29 is 8.78 Å². The average molecular weight is 207 g/mol. The number of alkyl halides is 2. The maximum Gasteiger partial charge on any atom is 0.253 e. The minimum absolute atomic E-state index is 0.469. The van der Waals surface area contributed by atoms with E-state index in [0.717, 1.165) is 0 Å². The van der Waals surface area contributed by atoms with Gasteiger partial charge in [-0.1, -0.05) is 27.7 Å². The van der Waals surface area contributed by atoms with Crippen LogP contribution in [0, 0.1) is 17.8 Å². The van der Waals surface area contributed by atoms with Crippen molar-refractivity contribution in [2.24, 2.45) is 17.8 Å². The van der Waals surface area contributed by atoms with Gasteiger partial charge in [0.2, 0.25) is 0 Å². The van der Waals surface area contributed by atoms with Crippen molar-refractivity contribution in [2.75, 3.05) is 6.54 Å². The fourth-order valence-electron chi connectivity index (χ4n) is 1.65. The molecular weight excluding hydrogens is 184 g/mol. The monoisotopic (exact) mass is 207 g/mol. The van der Waals surface area contributed by atoms with Crippen molar-refractivity contribution >= 4 is 0 Å². The van der Waals surface area contributed by atoms with Crippen LogP contribution in [0.3, 0.4) is 0 Å². The molecule has 1 unspecified atom stereocenters. The van der Waals surface area contributed by atoms with E-state index < -0.39 is 12.5 Å². The second-order valence-corrected chi connectivity index (χ2v) is 4.68. The maximum atomic E-state index is 12.2. The molecule has 0 spiro atoms. The number of hydrogen-bond donors (Lipinski definition) is 1. The van der Waals surface area contributed by atoms with E-state index in [2.05, 4.69) is 33.0 Å². The number of halogens is 2. The Morgan fingerprint density at radius 1 is 0.929 bits per heavy atom. The summed E-state index contributed by atoms with van der Waals surface area (Å²) in [5, 5.41) is 2.89. The molecule has 0 aliphatic heterocycles. The Kier molecular flexibility index (Phi) is 6.25. The third-order valence-electron chi connectivity index (χ3n) is 2.77. The largest absolute Gasteiger partial charge is 0.309 e. The summed E-state index contributed by atoms with van der Waals surface area (Å²) in [6.07, 6.45) is -2.27. The van der Waals surface area contributed by atoms with Gasteiger partial charge in [0.25, 0.3) is 6.43 Å². The van der Waals surface area contributed by atoms with Crippen molar-refractivity contribution in [3.63, 3.8) is 0 Å². The smallest absolute Gasteiger partial charge is 0.253 e. The molecule has 0 saturated carbocycles. The minimum atomic E-state index is -2.27. The van der Waals surface area contributed by atoms with Crippen LogP contribution in [0.5, 0.6) is 0 Å². The Balaban J connectivity index is 3.94. The van der Waals surface area contributed by atoms with Gasteiger partial charge in [-0.2, -0.15) is 0 Å². The summed E-state index contributed by atoms with van der Waals surface area (Å²) in [4.78, 5) is 0. The van der Waals surface area contributed by atoms with Gasteiger partial charge in [-0.25, -0.2) is 8.78 Å². The molecule has 1 atom stereocenters.